The van der Waals surface area contributed by atoms with E-state index in [1.165, 1.54) is 55.8 Å². The van der Waals surface area contributed by atoms with E-state index in [0.717, 1.165) is 22.3 Å². The zero-order valence-corrected chi connectivity index (χ0v) is 32.8. The molecule has 5 aromatic rings. The molecule has 0 aliphatic carbocycles. The third-order valence-corrected chi connectivity index (χ3v) is 9.39. The first kappa shape index (κ1) is 42.2. The quantitative estimate of drug-likeness (QED) is 0.102. The Balaban J connectivity index is 0.00000673. The van der Waals surface area contributed by atoms with Gasteiger partial charge in [0.25, 0.3) is 12.2 Å². The van der Waals surface area contributed by atoms with E-state index in [2.05, 4.69) is 15.4 Å². The average Bonchev–Trinajstić information content (AvgIpc) is 3.53. The van der Waals surface area contributed by atoms with Gasteiger partial charge in [-0.15, -0.1) is 17.5 Å². The fourth-order valence-corrected chi connectivity index (χ4v) is 5.74. The molecule has 0 saturated carbocycles. The third-order valence-electron chi connectivity index (χ3n) is 8.28. The maximum Gasteiger partial charge on any atom is 0.424 e. The molecule has 0 aliphatic rings. The van der Waals surface area contributed by atoms with Crippen LogP contribution in [0.3, 0.4) is 0 Å². The van der Waals surface area contributed by atoms with Crippen molar-refractivity contribution in [2.45, 2.75) is 57.3 Å². The molecular formula is C38H42ClFN6O8S. The Morgan fingerprint density at radius 1 is 0.927 bits per heavy atom. The van der Waals surface area contributed by atoms with Gasteiger partial charge >= 0.3 is 12.1 Å². The topological polar surface area (TPSA) is 185 Å². The number of ether oxygens (including phenoxy) is 3. The molecule has 2 aromatic heterocycles. The van der Waals surface area contributed by atoms with Crippen molar-refractivity contribution in [3.8, 4) is 16.9 Å². The molecule has 0 bridgehead atoms. The Morgan fingerprint density at radius 2 is 1.56 bits per heavy atom. The first-order valence-corrected chi connectivity index (χ1v) is 18.7. The molecule has 5 rings (SSSR count). The molecule has 0 saturated heterocycles. The van der Waals surface area contributed by atoms with Crippen molar-refractivity contribution in [2.75, 3.05) is 23.6 Å². The minimum absolute atomic E-state index is 0. The number of nitrogens with one attached hydrogen (secondary N) is 1. The van der Waals surface area contributed by atoms with Crippen LogP contribution in [0.15, 0.2) is 90.0 Å². The molecule has 3 N–H and O–H groups in total. The zero-order valence-electron chi connectivity index (χ0n) is 31.1. The lowest BCUT2D eigenvalue weighted by Gasteiger charge is -2.28. The van der Waals surface area contributed by atoms with Crippen molar-refractivity contribution in [3.63, 3.8) is 0 Å². The molecule has 0 radical (unpaired) electrons. The Kier molecular flexibility index (Phi) is 12.9. The Hall–Kier alpha value is -5.58. The summed E-state index contributed by atoms with van der Waals surface area (Å²) >= 11 is 0. The van der Waals surface area contributed by atoms with E-state index < -0.39 is 45.6 Å². The van der Waals surface area contributed by atoms with Gasteiger partial charge in [-0.2, -0.15) is 4.98 Å². The first-order valence-electron chi connectivity index (χ1n) is 16.8. The molecule has 2 heterocycles. The maximum absolute atomic E-state index is 14.0. The summed E-state index contributed by atoms with van der Waals surface area (Å²) < 4.78 is 56.1. The largest absolute Gasteiger partial charge is 0.495 e. The number of benzene rings is 3. The number of amides is 2. The predicted molar refractivity (Wildman–Crippen MR) is 207 cm³/mol. The Labute approximate surface area is 324 Å². The van der Waals surface area contributed by atoms with E-state index in [1.54, 1.807) is 63.4 Å². The van der Waals surface area contributed by atoms with Gasteiger partial charge < -0.3 is 25.3 Å². The van der Waals surface area contributed by atoms with Gasteiger partial charge in [0.2, 0.25) is 5.91 Å². The van der Waals surface area contributed by atoms with Crippen LogP contribution in [0, 0.1) is 11.7 Å². The number of carbonyl (C=O) groups is 3. The SMILES string of the molecule is COc1cc(S(C)(=O)=O)ccc1N(C(=O)OC(OC(=O)C(C)(C)N)C(C)C)c1nc2ccc(-c3ccc(NC(=O)[C@H](C)c4ccc(F)cc4)cc3)cn2n1.Cl. The maximum atomic E-state index is 14.0. The minimum Gasteiger partial charge on any atom is -0.495 e. The van der Waals surface area contributed by atoms with Crippen molar-refractivity contribution >= 4 is 63.2 Å². The summed E-state index contributed by atoms with van der Waals surface area (Å²) in [6.07, 6.45) is 0.310. The summed E-state index contributed by atoms with van der Waals surface area (Å²) in [6, 6.07) is 20.3. The number of carbonyl (C=O) groups excluding carboxylic acids is 3. The number of nitrogens with two attached hydrogens (primary N) is 1. The van der Waals surface area contributed by atoms with E-state index >= 15 is 0 Å². The number of esters is 1. The summed E-state index contributed by atoms with van der Waals surface area (Å²) in [5.74, 6) is -2.60. The molecule has 2 atom stereocenters. The highest BCUT2D eigenvalue weighted by molar-refractivity contribution is 7.90. The Bertz CT molecular complexity index is 2290. The number of methoxy groups -OCH3 is 1. The van der Waals surface area contributed by atoms with Crippen molar-refractivity contribution in [1.29, 1.82) is 0 Å². The third kappa shape index (κ3) is 9.95. The van der Waals surface area contributed by atoms with E-state index in [9.17, 15) is 27.2 Å². The van der Waals surface area contributed by atoms with Crippen LogP contribution in [0.1, 0.15) is 46.1 Å². The van der Waals surface area contributed by atoms with Gasteiger partial charge in [-0.1, -0.05) is 38.1 Å². The van der Waals surface area contributed by atoms with Crippen molar-refractivity contribution in [3.05, 3.63) is 96.4 Å². The van der Waals surface area contributed by atoms with E-state index in [1.807, 2.05) is 12.1 Å². The van der Waals surface area contributed by atoms with Gasteiger partial charge in [0, 0.05) is 35.7 Å². The van der Waals surface area contributed by atoms with Crippen LogP contribution in [0.5, 0.6) is 5.75 Å². The highest BCUT2D eigenvalue weighted by Crippen LogP contribution is 2.36. The van der Waals surface area contributed by atoms with Gasteiger partial charge in [-0.25, -0.2) is 31.8 Å². The molecule has 0 fully saturated rings. The second-order valence-electron chi connectivity index (χ2n) is 13.5. The zero-order chi connectivity index (χ0) is 39.5. The van der Waals surface area contributed by atoms with Gasteiger partial charge in [-0.3, -0.25) is 4.79 Å². The summed E-state index contributed by atoms with van der Waals surface area (Å²) in [5, 5.41) is 7.43. The number of pyridine rings is 1. The van der Waals surface area contributed by atoms with E-state index in [0.29, 0.717) is 16.9 Å². The minimum atomic E-state index is -3.65. The van der Waals surface area contributed by atoms with Crippen LogP contribution >= 0.6 is 12.4 Å². The normalized spacial score (nSPS) is 12.7. The van der Waals surface area contributed by atoms with Crippen molar-refractivity contribution < 1.29 is 41.4 Å². The molecule has 3 aromatic carbocycles. The number of sulfone groups is 1. The van der Waals surface area contributed by atoms with E-state index in [4.69, 9.17) is 19.9 Å². The lowest BCUT2D eigenvalue weighted by atomic mass is 10.00. The summed E-state index contributed by atoms with van der Waals surface area (Å²) in [4.78, 5) is 45.0. The number of aromatic nitrogens is 3. The van der Waals surface area contributed by atoms with Crippen LogP contribution in [-0.4, -0.2) is 66.2 Å². The van der Waals surface area contributed by atoms with Gasteiger partial charge in [0.05, 0.1) is 23.6 Å². The lowest BCUT2D eigenvalue weighted by Crippen LogP contribution is -2.46. The number of anilines is 3. The fourth-order valence-electron chi connectivity index (χ4n) is 5.10. The second-order valence-corrected chi connectivity index (χ2v) is 15.6. The molecule has 1 unspecified atom stereocenters. The van der Waals surface area contributed by atoms with Gasteiger partial charge in [0.15, 0.2) is 15.5 Å². The summed E-state index contributed by atoms with van der Waals surface area (Å²) in [5.41, 5.74) is 7.66. The molecule has 0 spiro atoms. The fraction of sp³-hybridized carbons (Fsp3) is 0.289. The number of nitrogens with zero attached hydrogens (tertiary/aromatic N) is 4. The smallest absolute Gasteiger partial charge is 0.424 e. The van der Waals surface area contributed by atoms with Gasteiger partial charge in [0.1, 0.15) is 17.1 Å². The summed E-state index contributed by atoms with van der Waals surface area (Å²) in [6.45, 7) is 8.00. The molecule has 17 heteroatoms. The molecule has 292 valence electrons. The van der Waals surface area contributed by atoms with E-state index in [-0.39, 0.29) is 46.4 Å². The number of halogens is 2. The molecule has 14 nitrogen and oxygen atoms in total. The number of fused-ring (bicyclic) bond motifs is 1. The number of hydrogen-bond acceptors (Lipinski definition) is 11. The Morgan fingerprint density at radius 3 is 2.15 bits per heavy atom. The number of hydrogen-bond donors (Lipinski definition) is 2. The van der Waals surface area contributed by atoms with Crippen LogP contribution in [0.2, 0.25) is 0 Å². The van der Waals surface area contributed by atoms with Gasteiger partial charge in [-0.05, 0) is 80.4 Å². The van der Waals surface area contributed by atoms with Crippen LogP contribution in [0.4, 0.5) is 26.5 Å². The van der Waals surface area contributed by atoms with Crippen molar-refractivity contribution in [1.82, 2.24) is 14.6 Å². The molecule has 55 heavy (non-hydrogen) atoms. The highest BCUT2D eigenvalue weighted by Gasteiger charge is 2.34. The van der Waals surface area contributed by atoms with Crippen LogP contribution in [-0.2, 0) is 28.9 Å². The predicted octanol–water partition coefficient (Wildman–Crippen LogP) is 6.65. The monoisotopic (exact) mass is 796 g/mol. The summed E-state index contributed by atoms with van der Waals surface area (Å²) in [7, 11) is -2.34. The van der Waals surface area contributed by atoms with Crippen LogP contribution in [0.25, 0.3) is 16.8 Å². The molecular weight excluding hydrogens is 755 g/mol. The van der Waals surface area contributed by atoms with Crippen molar-refractivity contribution in [2.24, 2.45) is 11.7 Å². The van der Waals surface area contributed by atoms with Crippen LogP contribution < -0.4 is 20.7 Å². The second kappa shape index (κ2) is 16.8. The molecule has 0 aliphatic heterocycles. The average molecular weight is 797 g/mol. The molecule has 2 amide bonds. The lowest BCUT2D eigenvalue weighted by molar-refractivity contribution is -0.179. The highest BCUT2D eigenvalue weighted by atomic mass is 35.5. The standard InChI is InChI=1S/C38H41FN6O8S.ClH/c1-22(2)34(52-35(47)38(4,5)40)53-37(48)45(30-18-17-29(54(7,49)50)20-31(30)51-6)36-42-32-19-12-26(21-44(32)43-36)25-10-15-28(16-11-25)41-33(46)23(3)24-8-13-27(39)14-9-24;/h8-23,34H,40H2,1-7H3,(H,41,46);1H/t23-,34?;/m1./s1. The first-order chi connectivity index (χ1) is 25.3. The number of rotatable bonds is 12.